The third-order valence-electron chi connectivity index (χ3n) is 4.80. The van der Waals surface area contributed by atoms with Crippen LogP contribution < -0.4 is 15.5 Å². The lowest BCUT2D eigenvalue weighted by Crippen LogP contribution is -2.53. The standard InChI is InChI=1S/C18H19F3N4O3/c1-11-8-12(26)13(28-2)9-25(11)10-15(27)24-17(5-3-6-17)16-22-7-4-14(23-16)18(19,20)21/h4,7-9H,3,5-6,10H2,1-2H3,(H,24,27). The lowest BCUT2D eigenvalue weighted by atomic mass is 9.76. The van der Waals surface area contributed by atoms with Crippen LogP contribution in [-0.4, -0.2) is 27.6 Å². The maximum atomic E-state index is 13.0. The van der Waals surface area contributed by atoms with Crippen LogP contribution in [0.25, 0.3) is 0 Å². The lowest BCUT2D eigenvalue weighted by Gasteiger charge is -2.41. The number of alkyl halides is 3. The number of amides is 1. The average molecular weight is 396 g/mol. The van der Waals surface area contributed by atoms with Crippen molar-refractivity contribution >= 4 is 5.91 Å². The minimum atomic E-state index is -4.59. The van der Waals surface area contributed by atoms with Gasteiger partial charge in [-0.05, 0) is 32.3 Å². The topological polar surface area (TPSA) is 86.1 Å². The summed E-state index contributed by atoms with van der Waals surface area (Å²) in [6, 6.07) is 2.15. The molecule has 2 heterocycles. The van der Waals surface area contributed by atoms with Crippen molar-refractivity contribution in [2.45, 2.75) is 44.4 Å². The predicted molar refractivity (Wildman–Crippen MR) is 92.7 cm³/mol. The van der Waals surface area contributed by atoms with Crippen LogP contribution in [0.5, 0.6) is 5.75 Å². The Morgan fingerprint density at radius 3 is 2.68 bits per heavy atom. The summed E-state index contributed by atoms with van der Waals surface area (Å²) in [5.74, 6) is -0.372. The van der Waals surface area contributed by atoms with E-state index in [4.69, 9.17) is 4.74 Å². The van der Waals surface area contributed by atoms with Crippen LogP contribution >= 0.6 is 0 Å². The van der Waals surface area contributed by atoms with Crippen molar-refractivity contribution in [3.63, 3.8) is 0 Å². The second kappa shape index (κ2) is 7.25. The van der Waals surface area contributed by atoms with Crippen LogP contribution in [0.2, 0.25) is 0 Å². The van der Waals surface area contributed by atoms with Crippen molar-refractivity contribution in [2.24, 2.45) is 0 Å². The zero-order chi connectivity index (χ0) is 20.5. The van der Waals surface area contributed by atoms with E-state index in [1.165, 1.54) is 23.9 Å². The fourth-order valence-electron chi connectivity index (χ4n) is 3.12. The Labute approximate surface area is 158 Å². The Morgan fingerprint density at radius 2 is 2.11 bits per heavy atom. The van der Waals surface area contributed by atoms with Crippen molar-refractivity contribution < 1.29 is 22.7 Å². The van der Waals surface area contributed by atoms with Gasteiger partial charge in [0.2, 0.25) is 11.3 Å². The van der Waals surface area contributed by atoms with Crippen LogP contribution in [0.4, 0.5) is 13.2 Å². The van der Waals surface area contributed by atoms with E-state index >= 15 is 0 Å². The summed E-state index contributed by atoms with van der Waals surface area (Å²) in [7, 11) is 1.35. The Morgan fingerprint density at radius 1 is 1.39 bits per heavy atom. The van der Waals surface area contributed by atoms with Gasteiger partial charge in [0.05, 0.1) is 18.8 Å². The molecule has 2 aromatic rings. The van der Waals surface area contributed by atoms with Gasteiger partial charge < -0.3 is 14.6 Å². The molecule has 0 aromatic carbocycles. The molecular formula is C18H19F3N4O3. The van der Waals surface area contributed by atoms with E-state index in [2.05, 4.69) is 15.3 Å². The SMILES string of the molecule is COc1cn(CC(=O)NC2(c3nccc(C(F)(F)F)n3)CCC2)c(C)cc1=O. The van der Waals surface area contributed by atoms with E-state index in [0.717, 1.165) is 18.7 Å². The second-order valence-electron chi connectivity index (χ2n) is 6.72. The third-order valence-corrected chi connectivity index (χ3v) is 4.80. The Hall–Kier alpha value is -2.91. The number of ether oxygens (including phenoxy) is 1. The summed E-state index contributed by atoms with van der Waals surface area (Å²) in [5, 5.41) is 2.78. The number of aryl methyl sites for hydroxylation is 1. The summed E-state index contributed by atoms with van der Waals surface area (Å²) in [5.41, 5.74) is -1.81. The summed E-state index contributed by atoms with van der Waals surface area (Å²) < 4.78 is 45.4. The molecule has 1 N–H and O–H groups in total. The quantitative estimate of drug-likeness (QED) is 0.837. The molecule has 0 spiro atoms. The van der Waals surface area contributed by atoms with Gasteiger partial charge in [0, 0.05) is 18.0 Å². The number of nitrogens with one attached hydrogen (secondary N) is 1. The minimum absolute atomic E-state index is 0.0452. The highest BCUT2D eigenvalue weighted by molar-refractivity contribution is 5.77. The predicted octanol–water partition coefficient (Wildman–Crippen LogP) is 2.17. The van der Waals surface area contributed by atoms with Crippen molar-refractivity contribution in [2.75, 3.05) is 7.11 Å². The van der Waals surface area contributed by atoms with Crippen molar-refractivity contribution in [1.82, 2.24) is 19.9 Å². The number of nitrogens with zero attached hydrogens (tertiary/aromatic N) is 3. The monoisotopic (exact) mass is 396 g/mol. The third kappa shape index (κ3) is 3.85. The van der Waals surface area contributed by atoms with Crippen LogP contribution in [0.3, 0.4) is 0 Å². The fourth-order valence-corrected chi connectivity index (χ4v) is 3.12. The van der Waals surface area contributed by atoms with Gasteiger partial charge in [-0.25, -0.2) is 9.97 Å². The Kier molecular flexibility index (Phi) is 5.14. The van der Waals surface area contributed by atoms with Crippen molar-refractivity contribution in [1.29, 1.82) is 0 Å². The highest BCUT2D eigenvalue weighted by Gasteiger charge is 2.44. The molecule has 0 atom stereocenters. The number of pyridine rings is 1. The molecule has 7 nitrogen and oxygen atoms in total. The number of carbonyl (C=O) groups excluding carboxylic acids is 1. The first-order chi connectivity index (χ1) is 13.1. The number of hydrogen-bond donors (Lipinski definition) is 1. The highest BCUT2D eigenvalue weighted by Crippen LogP contribution is 2.40. The van der Waals surface area contributed by atoms with E-state index in [9.17, 15) is 22.8 Å². The molecule has 2 aromatic heterocycles. The van der Waals surface area contributed by atoms with E-state index in [-0.39, 0.29) is 23.5 Å². The number of halogens is 3. The number of hydrogen-bond acceptors (Lipinski definition) is 5. The smallest absolute Gasteiger partial charge is 0.433 e. The van der Waals surface area contributed by atoms with Gasteiger partial charge in [-0.2, -0.15) is 13.2 Å². The van der Waals surface area contributed by atoms with Crippen molar-refractivity contribution in [3.05, 3.63) is 52.0 Å². The molecule has 0 aliphatic heterocycles. The van der Waals surface area contributed by atoms with Crippen molar-refractivity contribution in [3.8, 4) is 5.75 Å². The maximum Gasteiger partial charge on any atom is 0.433 e. The minimum Gasteiger partial charge on any atom is -0.491 e. The molecule has 0 radical (unpaired) electrons. The molecule has 150 valence electrons. The fraction of sp³-hybridized carbons (Fsp3) is 0.444. The summed E-state index contributed by atoms with van der Waals surface area (Å²) >= 11 is 0. The molecule has 3 rings (SSSR count). The van der Waals surface area contributed by atoms with Gasteiger partial charge in [-0.15, -0.1) is 0 Å². The molecular weight excluding hydrogens is 377 g/mol. The van der Waals surface area contributed by atoms with Gasteiger partial charge >= 0.3 is 6.18 Å². The Balaban J connectivity index is 1.82. The highest BCUT2D eigenvalue weighted by atomic mass is 19.4. The summed E-state index contributed by atoms with van der Waals surface area (Å²) in [4.78, 5) is 31.9. The van der Waals surface area contributed by atoms with Gasteiger partial charge in [0.1, 0.15) is 12.2 Å². The number of methoxy groups -OCH3 is 1. The van der Waals surface area contributed by atoms with Gasteiger partial charge in [-0.1, -0.05) is 0 Å². The van der Waals surface area contributed by atoms with Crippen LogP contribution in [0, 0.1) is 6.92 Å². The van der Waals surface area contributed by atoms with Gasteiger partial charge in [0.15, 0.2) is 11.6 Å². The Bertz CT molecular complexity index is 952. The summed E-state index contributed by atoms with van der Waals surface area (Å²) in [6.45, 7) is 1.55. The van der Waals surface area contributed by atoms with Crippen LogP contribution in [-0.2, 0) is 23.1 Å². The average Bonchev–Trinajstić information content (AvgIpc) is 2.60. The normalized spacial score (nSPS) is 15.6. The largest absolute Gasteiger partial charge is 0.491 e. The van der Waals surface area contributed by atoms with Gasteiger partial charge in [-0.3, -0.25) is 9.59 Å². The number of carbonyl (C=O) groups is 1. The zero-order valence-corrected chi connectivity index (χ0v) is 15.3. The molecule has 0 saturated heterocycles. The molecule has 1 saturated carbocycles. The molecule has 0 bridgehead atoms. The van der Waals surface area contributed by atoms with Gasteiger partial charge in [0.25, 0.3) is 0 Å². The van der Waals surface area contributed by atoms with E-state index in [1.54, 1.807) is 6.92 Å². The van der Waals surface area contributed by atoms with Crippen LogP contribution in [0.1, 0.15) is 36.5 Å². The van der Waals surface area contributed by atoms with E-state index < -0.39 is 23.3 Å². The van der Waals surface area contributed by atoms with E-state index in [0.29, 0.717) is 18.5 Å². The second-order valence-corrected chi connectivity index (χ2v) is 6.72. The molecule has 1 aliphatic carbocycles. The van der Waals surface area contributed by atoms with Crippen LogP contribution in [0.15, 0.2) is 29.3 Å². The maximum absolute atomic E-state index is 13.0. The molecule has 1 amide bonds. The van der Waals surface area contributed by atoms with E-state index in [1.807, 2.05) is 0 Å². The molecule has 28 heavy (non-hydrogen) atoms. The first-order valence-corrected chi connectivity index (χ1v) is 8.61. The molecule has 10 heteroatoms. The zero-order valence-electron chi connectivity index (χ0n) is 15.3. The first kappa shape index (κ1) is 19.8. The molecule has 0 unspecified atom stereocenters. The lowest BCUT2D eigenvalue weighted by molar-refractivity contribution is -0.141. The summed E-state index contributed by atoms with van der Waals surface area (Å²) in [6.07, 6.45) is -0.473. The molecule has 1 fully saturated rings. The number of aromatic nitrogens is 3. The first-order valence-electron chi connectivity index (χ1n) is 8.61. The molecule has 1 aliphatic rings. The number of rotatable bonds is 5.